The number of benzene rings is 2. The molecule has 2 N–H and O–H groups in total. The molecule has 1 amide bonds. The summed E-state index contributed by atoms with van der Waals surface area (Å²) in [7, 11) is -3.55. The van der Waals surface area contributed by atoms with E-state index in [-0.39, 0.29) is 17.7 Å². The molecule has 2 aromatic carbocycles. The molecule has 1 fully saturated rings. The molecule has 156 valence electrons. The fraction of sp³-hybridized carbons (Fsp3) is 0.409. The molecular weight excluding hydrogens is 388 g/mol. The number of hydrogen-bond acceptors (Lipinski definition) is 4. The highest BCUT2D eigenvalue weighted by atomic mass is 32.2. The van der Waals surface area contributed by atoms with Crippen LogP contribution in [-0.2, 0) is 26.8 Å². The molecule has 1 aliphatic heterocycles. The van der Waals surface area contributed by atoms with Crippen LogP contribution in [0, 0.1) is 0 Å². The summed E-state index contributed by atoms with van der Waals surface area (Å²) in [5.41, 5.74) is 5.88. The van der Waals surface area contributed by atoms with Crippen molar-refractivity contribution in [2.75, 3.05) is 5.75 Å². The van der Waals surface area contributed by atoms with E-state index >= 15 is 0 Å². The Morgan fingerprint density at radius 1 is 1.07 bits per heavy atom. The third-order valence-electron chi connectivity index (χ3n) is 5.37. The summed E-state index contributed by atoms with van der Waals surface area (Å²) in [5, 5.41) is 8.95. The van der Waals surface area contributed by atoms with Gasteiger partial charge in [0.25, 0.3) is 5.91 Å². The van der Waals surface area contributed by atoms with E-state index in [2.05, 4.69) is 45.0 Å². The van der Waals surface area contributed by atoms with Crippen LogP contribution in [-0.4, -0.2) is 35.6 Å². The van der Waals surface area contributed by atoms with E-state index in [9.17, 15) is 13.2 Å². The van der Waals surface area contributed by atoms with E-state index in [1.54, 1.807) is 5.48 Å². The van der Waals surface area contributed by atoms with Gasteiger partial charge in [0, 0.05) is 6.54 Å². The monoisotopic (exact) mass is 416 g/mol. The molecule has 6 nitrogen and oxygen atoms in total. The minimum atomic E-state index is -3.55. The van der Waals surface area contributed by atoms with Gasteiger partial charge in [0.05, 0.1) is 5.75 Å². The molecule has 3 rings (SSSR count). The van der Waals surface area contributed by atoms with Crippen molar-refractivity contribution < 1.29 is 18.4 Å². The maximum atomic E-state index is 12.5. The first kappa shape index (κ1) is 21.5. The number of carbonyl (C=O) groups is 1. The Labute approximate surface area is 172 Å². The molecule has 29 heavy (non-hydrogen) atoms. The van der Waals surface area contributed by atoms with Gasteiger partial charge in [-0.05, 0) is 40.5 Å². The normalized spacial score (nSPS) is 19.7. The van der Waals surface area contributed by atoms with Gasteiger partial charge in [0.1, 0.15) is 6.04 Å². The van der Waals surface area contributed by atoms with Crippen molar-refractivity contribution in [3.8, 4) is 11.1 Å². The second kappa shape index (κ2) is 8.26. The van der Waals surface area contributed by atoms with Gasteiger partial charge in [-0.1, -0.05) is 69.3 Å². The molecule has 0 saturated carbocycles. The molecule has 7 heteroatoms. The van der Waals surface area contributed by atoms with Crippen LogP contribution in [0.5, 0.6) is 0 Å². The minimum absolute atomic E-state index is 0.0143. The van der Waals surface area contributed by atoms with Gasteiger partial charge < -0.3 is 0 Å². The van der Waals surface area contributed by atoms with Crippen molar-refractivity contribution >= 4 is 15.9 Å². The van der Waals surface area contributed by atoms with Crippen molar-refractivity contribution in [2.45, 2.75) is 51.6 Å². The molecule has 1 atom stereocenters. The fourth-order valence-corrected chi connectivity index (χ4v) is 5.30. The predicted octanol–water partition coefficient (Wildman–Crippen LogP) is 3.45. The summed E-state index contributed by atoms with van der Waals surface area (Å²) in [6, 6.07) is 15.2. The Bertz CT molecular complexity index is 961. The van der Waals surface area contributed by atoms with Crippen molar-refractivity contribution in [1.82, 2.24) is 9.79 Å². The lowest BCUT2D eigenvalue weighted by molar-refractivity contribution is -0.133. The van der Waals surface area contributed by atoms with Gasteiger partial charge in [-0.3, -0.25) is 10.0 Å². The van der Waals surface area contributed by atoms with E-state index in [1.165, 1.54) is 9.87 Å². The summed E-state index contributed by atoms with van der Waals surface area (Å²) < 4.78 is 26.2. The van der Waals surface area contributed by atoms with Gasteiger partial charge in [-0.15, -0.1) is 0 Å². The topological polar surface area (TPSA) is 86.7 Å². The van der Waals surface area contributed by atoms with Crippen molar-refractivity contribution in [1.29, 1.82) is 0 Å². The number of hydroxylamine groups is 1. The van der Waals surface area contributed by atoms with E-state index in [0.717, 1.165) is 16.7 Å². The lowest BCUT2D eigenvalue weighted by atomic mass is 9.86. The Morgan fingerprint density at radius 2 is 1.62 bits per heavy atom. The molecule has 0 aliphatic carbocycles. The Hall–Kier alpha value is -2.22. The second-order valence-corrected chi connectivity index (χ2v) is 10.6. The number of rotatable bonds is 4. The average Bonchev–Trinajstić information content (AvgIpc) is 2.68. The van der Waals surface area contributed by atoms with E-state index in [4.69, 9.17) is 5.21 Å². The third-order valence-corrected chi connectivity index (χ3v) is 7.28. The molecule has 2 aromatic rings. The van der Waals surface area contributed by atoms with Crippen LogP contribution < -0.4 is 5.48 Å². The molecule has 1 saturated heterocycles. The zero-order chi connectivity index (χ0) is 21.2. The highest BCUT2D eigenvalue weighted by molar-refractivity contribution is 7.89. The highest BCUT2D eigenvalue weighted by Crippen LogP contribution is 2.28. The van der Waals surface area contributed by atoms with Crippen molar-refractivity contribution in [3.05, 3.63) is 59.7 Å². The van der Waals surface area contributed by atoms with Gasteiger partial charge in [-0.2, -0.15) is 4.31 Å². The number of nitrogens with one attached hydrogen (secondary N) is 1. The Kier molecular flexibility index (Phi) is 6.12. The fourth-order valence-electron chi connectivity index (χ4n) is 3.60. The Balaban J connectivity index is 1.80. The summed E-state index contributed by atoms with van der Waals surface area (Å²) in [6.07, 6.45) is 0.796. The van der Waals surface area contributed by atoms with Gasteiger partial charge in [0.2, 0.25) is 10.0 Å². The first-order chi connectivity index (χ1) is 13.6. The zero-order valence-electron chi connectivity index (χ0n) is 17.1. The lowest BCUT2D eigenvalue weighted by Crippen LogP contribution is -2.51. The van der Waals surface area contributed by atoms with Crippen LogP contribution in [0.25, 0.3) is 11.1 Å². The van der Waals surface area contributed by atoms with Crippen LogP contribution in [0.2, 0.25) is 0 Å². The second-order valence-electron chi connectivity index (χ2n) is 8.52. The zero-order valence-corrected chi connectivity index (χ0v) is 17.9. The molecule has 1 aliphatic rings. The van der Waals surface area contributed by atoms with E-state index in [0.29, 0.717) is 12.8 Å². The minimum Gasteiger partial charge on any atom is -0.289 e. The largest absolute Gasteiger partial charge is 0.289 e. The lowest BCUT2D eigenvalue weighted by Gasteiger charge is -2.33. The Morgan fingerprint density at radius 3 is 2.14 bits per heavy atom. The van der Waals surface area contributed by atoms with Crippen molar-refractivity contribution in [2.24, 2.45) is 0 Å². The van der Waals surface area contributed by atoms with Gasteiger partial charge in [0.15, 0.2) is 0 Å². The molecular formula is C22H28N2O4S. The average molecular weight is 417 g/mol. The molecule has 0 radical (unpaired) electrons. The summed E-state index contributed by atoms with van der Waals surface area (Å²) in [5.74, 6) is -0.677. The van der Waals surface area contributed by atoms with Crippen LogP contribution in [0.3, 0.4) is 0 Å². The number of sulfonamides is 1. The van der Waals surface area contributed by atoms with Crippen LogP contribution in [0.15, 0.2) is 48.5 Å². The highest BCUT2D eigenvalue weighted by Gasteiger charge is 2.38. The smallest absolute Gasteiger partial charge is 0.261 e. The third kappa shape index (κ3) is 4.86. The molecule has 0 bridgehead atoms. The summed E-state index contributed by atoms with van der Waals surface area (Å²) in [4.78, 5) is 11.9. The number of nitrogens with zero attached hydrogens (tertiary/aromatic N) is 1. The summed E-state index contributed by atoms with van der Waals surface area (Å²) in [6.45, 7) is 6.63. The molecule has 1 unspecified atom stereocenters. The van der Waals surface area contributed by atoms with Crippen LogP contribution >= 0.6 is 0 Å². The quantitative estimate of drug-likeness (QED) is 0.590. The van der Waals surface area contributed by atoms with Crippen LogP contribution in [0.1, 0.15) is 44.7 Å². The number of carbonyl (C=O) groups excluding carboxylic acids is 1. The standard InChI is InChI=1S/C22H28N2O4S/c1-22(2,3)19-12-10-18(11-13-19)17-8-6-16(7-9-17)15-24-20(21(25)23-26)5-4-14-29(24,27)28/h6-13,20,26H,4-5,14-15H2,1-3H3,(H,23,25). The first-order valence-electron chi connectivity index (χ1n) is 9.75. The van der Waals surface area contributed by atoms with E-state index < -0.39 is 22.0 Å². The maximum Gasteiger partial charge on any atom is 0.261 e. The van der Waals surface area contributed by atoms with Gasteiger partial charge in [-0.25, -0.2) is 13.9 Å². The summed E-state index contributed by atoms with van der Waals surface area (Å²) >= 11 is 0. The molecule has 0 aromatic heterocycles. The SMILES string of the molecule is CC(C)(C)c1ccc(-c2ccc(CN3C(C(=O)NO)CCCS3(=O)=O)cc2)cc1. The number of hydrogen-bond donors (Lipinski definition) is 2. The predicted molar refractivity (Wildman–Crippen MR) is 113 cm³/mol. The number of amides is 1. The first-order valence-corrected chi connectivity index (χ1v) is 11.4. The molecule has 0 spiro atoms. The van der Waals surface area contributed by atoms with Gasteiger partial charge >= 0.3 is 0 Å². The maximum absolute atomic E-state index is 12.5. The van der Waals surface area contributed by atoms with E-state index in [1.807, 2.05) is 24.3 Å². The van der Waals surface area contributed by atoms with Crippen molar-refractivity contribution in [3.63, 3.8) is 0 Å². The van der Waals surface area contributed by atoms with Crippen LogP contribution in [0.4, 0.5) is 0 Å². The molecule has 1 heterocycles.